The summed E-state index contributed by atoms with van der Waals surface area (Å²) in [5, 5.41) is 1.90. The van der Waals surface area contributed by atoms with Crippen molar-refractivity contribution < 1.29 is 4.74 Å². The number of thiazole rings is 1. The van der Waals surface area contributed by atoms with Crippen LogP contribution in [-0.2, 0) is 6.42 Å². The number of anilines is 1. The summed E-state index contributed by atoms with van der Waals surface area (Å²) < 4.78 is 5.63. The molecule has 0 saturated carbocycles. The molecule has 0 spiro atoms. The molecule has 0 aliphatic heterocycles. The van der Waals surface area contributed by atoms with Crippen LogP contribution in [0.2, 0.25) is 0 Å². The van der Waals surface area contributed by atoms with E-state index in [9.17, 15) is 0 Å². The highest BCUT2D eigenvalue weighted by molar-refractivity contribution is 7.16. The average molecular weight is 276 g/mol. The lowest BCUT2D eigenvalue weighted by Crippen LogP contribution is -2.05. The Morgan fingerprint density at radius 1 is 1.26 bits per heavy atom. The highest BCUT2D eigenvalue weighted by Gasteiger charge is 2.10. The van der Waals surface area contributed by atoms with Crippen molar-refractivity contribution in [2.24, 2.45) is 0 Å². The van der Waals surface area contributed by atoms with Gasteiger partial charge in [0.2, 0.25) is 0 Å². The van der Waals surface area contributed by atoms with E-state index in [2.05, 4.69) is 11.9 Å². The van der Waals surface area contributed by atoms with Crippen LogP contribution in [0, 0.1) is 0 Å². The van der Waals surface area contributed by atoms with Crippen LogP contribution in [0.4, 0.5) is 5.00 Å². The summed E-state index contributed by atoms with van der Waals surface area (Å²) in [6, 6.07) is 7.96. The number of hydrogen-bond acceptors (Lipinski definition) is 4. The molecule has 1 heterocycles. The van der Waals surface area contributed by atoms with E-state index in [0.29, 0.717) is 0 Å². The molecule has 4 heteroatoms. The van der Waals surface area contributed by atoms with Crippen LogP contribution in [0.5, 0.6) is 5.75 Å². The summed E-state index contributed by atoms with van der Waals surface area (Å²) in [4.78, 5) is 4.61. The molecule has 0 amide bonds. The number of nitrogens with two attached hydrogens (primary N) is 1. The van der Waals surface area contributed by atoms with Gasteiger partial charge in [-0.15, -0.1) is 11.3 Å². The highest BCUT2D eigenvalue weighted by atomic mass is 32.1. The second-order valence-corrected chi connectivity index (χ2v) is 5.88. The summed E-state index contributed by atoms with van der Waals surface area (Å²) in [6.07, 6.45) is 2.27. The minimum atomic E-state index is 0.186. The van der Waals surface area contributed by atoms with E-state index in [1.54, 1.807) is 11.3 Å². The molecule has 1 aromatic carbocycles. The fourth-order valence-corrected chi connectivity index (χ4v) is 2.83. The lowest BCUT2D eigenvalue weighted by Gasteiger charge is -2.09. The second-order valence-electron chi connectivity index (χ2n) is 4.76. The molecule has 0 bridgehead atoms. The van der Waals surface area contributed by atoms with Gasteiger partial charge in [-0.3, -0.25) is 0 Å². The molecule has 0 aliphatic carbocycles. The Labute approximate surface area is 118 Å². The number of benzene rings is 1. The average Bonchev–Trinajstić information content (AvgIpc) is 2.71. The van der Waals surface area contributed by atoms with Crippen molar-refractivity contribution >= 4 is 16.3 Å². The van der Waals surface area contributed by atoms with Crippen LogP contribution >= 0.6 is 11.3 Å². The Balaban J connectivity index is 2.21. The number of rotatable bonds is 5. The first-order valence-electron chi connectivity index (χ1n) is 6.62. The third kappa shape index (κ3) is 3.47. The van der Waals surface area contributed by atoms with Crippen molar-refractivity contribution in [3.63, 3.8) is 0 Å². The van der Waals surface area contributed by atoms with E-state index in [1.165, 1.54) is 0 Å². The summed E-state index contributed by atoms with van der Waals surface area (Å²) in [7, 11) is 0. The largest absolute Gasteiger partial charge is 0.491 e. The molecule has 0 radical (unpaired) electrons. The zero-order chi connectivity index (χ0) is 13.8. The number of aromatic nitrogens is 1. The fraction of sp³-hybridized carbons (Fsp3) is 0.400. The highest BCUT2D eigenvalue weighted by Crippen LogP contribution is 2.32. The standard InChI is InChI=1S/C15H20N2OS/c1-4-5-13-17-14(15(16)19-13)11-6-8-12(9-7-11)18-10(2)3/h6-10H,4-5,16H2,1-3H3. The van der Waals surface area contributed by atoms with E-state index < -0.39 is 0 Å². The van der Waals surface area contributed by atoms with Gasteiger partial charge in [0.05, 0.1) is 11.1 Å². The van der Waals surface area contributed by atoms with Gasteiger partial charge < -0.3 is 10.5 Å². The maximum atomic E-state index is 6.05. The smallest absolute Gasteiger partial charge is 0.119 e. The Morgan fingerprint density at radius 2 is 1.95 bits per heavy atom. The molecular formula is C15H20N2OS. The maximum Gasteiger partial charge on any atom is 0.119 e. The van der Waals surface area contributed by atoms with Crippen LogP contribution in [-0.4, -0.2) is 11.1 Å². The Bertz CT molecular complexity index is 532. The number of hydrogen-bond donors (Lipinski definition) is 1. The Hall–Kier alpha value is -1.55. The summed E-state index contributed by atoms with van der Waals surface area (Å²) in [6.45, 7) is 6.18. The van der Waals surface area contributed by atoms with Crippen molar-refractivity contribution in [2.45, 2.75) is 39.7 Å². The zero-order valence-corrected chi connectivity index (χ0v) is 12.5. The first kappa shape index (κ1) is 13.9. The van der Waals surface area contributed by atoms with Crippen LogP contribution in [0.25, 0.3) is 11.3 Å². The van der Waals surface area contributed by atoms with E-state index >= 15 is 0 Å². The van der Waals surface area contributed by atoms with Gasteiger partial charge >= 0.3 is 0 Å². The van der Waals surface area contributed by atoms with Crippen molar-refractivity contribution in [2.75, 3.05) is 5.73 Å². The van der Waals surface area contributed by atoms with Crippen molar-refractivity contribution in [3.8, 4) is 17.0 Å². The molecule has 0 atom stereocenters. The number of nitrogen functional groups attached to an aromatic ring is 1. The molecule has 19 heavy (non-hydrogen) atoms. The van der Waals surface area contributed by atoms with Crippen molar-refractivity contribution in [3.05, 3.63) is 29.3 Å². The van der Waals surface area contributed by atoms with Gasteiger partial charge in [0.25, 0.3) is 0 Å². The maximum absolute atomic E-state index is 6.05. The van der Waals surface area contributed by atoms with E-state index in [1.807, 2.05) is 38.1 Å². The monoisotopic (exact) mass is 276 g/mol. The predicted octanol–water partition coefficient (Wildman–Crippen LogP) is 4.13. The van der Waals surface area contributed by atoms with E-state index in [0.717, 1.165) is 39.9 Å². The van der Waals surface area contributed by atoms with Crippen LogP contribution < -0.4 is 10.5 Å². The van der Waals surface area contributed by atoms with E-state index in [-0.39, 0.29) is 6.10 Å². The summed E-state index contributed by atoms with van der Waals surface area (Å²) in [5.41, 5.74) is 7.99. The molecule has 3 nitrogen and oxygen atoms in total. The summed E-state index contributed by atoms with van der Waals surface area (Å²) >= 11 is 1.58. The Morgan fingerprint density at radius 3 is 2.53 bits per heavy atom. The van der Waals surface area contributed by atoms with Gasteiger partial charge in [-0.05, 0) is 51.0 Å². The molecule has 1 aromatic heterocycles. The minimum Gasteiger partial charge on any atom is -0.491 e. The van der Waals surface area contributed by atoms with Gasteiger partial charge in [0.15, 0.2) is 0 Å². The first-order chi connectivity index (χ1) is 9.10. The molecule has 2 rings (SSSR count). The van der Waals surface area contributed by atoms with Gasteiger partial charge in [0.1, 0.15) is 16.4 Å². The van der Waals surface area contributed by atoms with E-state index in [4.69, 9.17) is 10.5 Å². The topological polar surface area (TPSA) is 48.1 Å². The third-order valence-electron chi connectivity index (χ3n) is 2.66. The van der Waals surface area contributed by atoms with Crippen molar-refractivity contribution in [1.82, 2.24) is 4.98 Å². The minimum absolute atomic E-state index is 0.186. The van der Waals surface area contributed by atoms with Crippen LogP contribution in [0.1, 0.15) is 32.2 Å². The molecular weight excluding hydrogens is 256 g/mol. The molecule has 0 fully saturated rings. The van der Waals surface area contributed by atoms with Gasteiger partial charge in [-0.1, -0.05) is 6.92 Å². The van der Waals surface area contributed by atoms with Gasteiger partial charge in [-0.2, -0.15) is 0 Å². The predicted molar refractivity (Wildman–Crippen MR) is 81.7 cm³/mol. The van der Waals surface area contributed by atoms with Crippen LogP contribution in [0.3, 0.4) is 0 Å². The lowest BCUT2D eigenvalue weighted by molar-refractivity contribution is 0.242. The van der Waals surface area contributed by atoms with Crippen molar-refractivity contribution in [1.29, 1.82) is 0 Å². The number of ether oxygens (including phenoxy) is 1. The normalized spacial score (nSPS) is 10.9. The molecule has 0 saturated heterocycles. The lowest BCUT2D eigenvalue weighted by atomic mass is 10.1. The molecule has 0 unspecified atom stereocenters. The molecule has 102 valence electrons. The third-order valence-corrected chi connectivity index (χ3v) is 3.61. The number of nitrogens with zero attached hydrogens (tertiary/aromatic N) is 1. The van der Waals surface area contributed by atoms with Gasteiger partial charge in [0, 0.05) is 5.56 Å². The summed E-state index contributed by atoms with van der Waals surface area (Å²) in [5.74, 6) is 0.876. The first-order valence-corrected chi connectivity index (χ1v) is 7.44. The second kappa shape index (κ2) is 6.06. The molecule has 0 aliphatic rings. The quantitative estimate of drug-likeness (QED) is 0.893. The fourth-order valence-electron chi connectivity index (χ4n) is 1.87. The zero-order valence-electron chi connectivity index (χ0n) is 11.6. The SMILES string of the molecule is CCCc1nc(-c2ccc(OC(C)C)cc2)c(N)s1. The van der Waals surface area contributed by atoms with Crippen LogP contribution in [0.15, 0.2) is 24.3 Å². The molecule has 2 aromatic rings. The Kier molecular flexibility index (Phi) is 4.43. The number of aryl methyl sites for hydroxylation is 1. The van der Waals surface area contributed by atoms with Gasteiger partial charge in [-0.25, -0.2) is 4.98 Å². The molecule has 2 N–H and O–H groups in total.